The van der Waals surface area contributed by atoms with Crippen LogP contribution in [0.3, 0.4) is 0 Å². The summed E-state index contributed by atoms with van der Waals surface area (Å²) in [4.78, 5) is 0. The smallest absolute Gasteiger partial charge is 0.0619 e. The van der Waals surface area contributed by atoms with Crippen LogP contribution in [0.2, 0.25) is 0 Å². The molecule has 0 saturated heterocycles. The summed E-state index contributed by atoms with van der Waals surface area (Å²) in [5.74, 6) is 0. The lowest BCUT2D eigenvalue weighted by atomic mass is 9.70. The summed E-state index contributed by atoms with van der Waals surface area (Å²) in [5.41, 5.74) is 31.3. The minimum absolute atomic E-state index is 0.0403. The van der Waals surface area contributed by atoms with Crippen molar-refractivity contribution < 1.29 is 0 Å². The summed E-state index contributed by atoms with van der Waals surface area (Å²) in [6, 6.07) is 185. The normalized spacial score (nSPS) is 13.0. The monoisotopic (exact) mass is 1740 g/mol. The van der Waals surface area contributed by atoms with Crippen LogP contribution >= 0.6 is 0 Å². The van der Waals surface area contributed by atoms with Crippen molar-refractivity contribution in [2.75, 3.05) is 0 Å². The molecule has 1 spiro atoms. The average molecular weight is 1750 g/mol. The molecule has 3 aliphatic carbocycles. The van der Waals surface area contributed by atoms with E-state index in [0.29, 0.717) is 0 Å². The lowest BCUT2D eigenvalue weighted by Gasteiger charge is -2.30. The molecule has 0 fully saturated rings. The zero-order valence-corrected chi connectivity index (χ0v) is 76.3. The minimum atomic E-state index is -0.380. The molecule has 0 amide bonds. The topological polar surface area (TPSA) is 0 Å². The molecule has 640 valence electrons. The van der Waals surface area contributed by atoms with Crippen LogP contribution in [0.4, 0.5) is 0 Å². The van der Waals surface area contributed by atoms with Crippen LogP contribution in [0.1, 0.15) is 47.2 Å². The molecule has 0 heteroatoms. The molecular formula is C138H88. The lowest BCUT2D eigenvalue weighted by Crippen LogP contribution is -2.25. The summed E-state index contributed by atoms with van der Waals surface area (Å²) in [6.45, 7) is 4.73. The predicted molar refractivity (Wildman–Crippen MR) is 591 cm³/mol. The van der Waals surface area contributed by atoms with Gasteiger partial charge >= 0.3 is 0 Å². The first-order valence-electron chi connectivity index (χ1n) is 48.4. The molecule has 0 aliphatic heterocycles. The van der Waals surface area contributed by atoms with E-state index in [0.717, 1.165) is 0 Å². The Morgan fingerprint density at radius 2 is 0.326 bits per heavy atom. The van der Waals surface area contributed by atoms with Crippen LogP contribution in [-0.4, -0.2) is 0 Å². The van der Waals surface area contributed by atoms with Gasteiger partial charge in [0, 0.05) is 5.41 Å². The van der Waals surface area contributed by atoms with Crippen molar-refractivity contribution in [1.29, 1.82) is 0 Å². The molecule has 0 atom stereocenters. The van der Waals surface area contributed by atoms with E-state index in [2.05, 4.69) is 511 Å². The van der Waals surface area contributed by atoms with Crippen LogP contribution in [0.25, 0.3) is 251 Å². The third-order valence-corrected chi connectivity index (χ3v) is 31.1. The summed E-state index contributed by atoms with van der Waals surface area (Å²) < 4.78 is 0. The molecular weight excluding hydrogens is 1660 g/mol. The number of hydrogen-bond donors (Lipinski definition) is 0. The molecule has 0 aromatic heterocycles. The average Bonchev–Trinajstić information content (AvgIpc) is 1.50. The number of rotatable bonds is 6. The van der Waals surface area contributed by atoms with Gasteiger partial charge in [-0.2, -0.15) is 0 Å². The van der Waals surface area contributed by atoms with Crippen molar-refractivity contribution in [3.8, 4) is 100 Å². The van der Waals surface area contributed by atoms with Gasteiger partial charge in [-0.15, -0.1) is 0 Å². The molecule has 0 N–H and O–H groups in total. The van der Waals surface area contributed by atoms with Crippen molar-refractivity contribution in [3.63, 3.8) is 0 Å². The molecule has 0 radical (unpaired) electrons. The Bertz CT molecular complexity index is 9670. The van der Waals surface area contributed by atoms with Gasteiger partial charge in [0.1, 0.15) is 0 Å². The number of benzene rings is 27. The van der Waals surface area contributed by atoms with E-state index >= 15 is 0 Å². The molecule has 27 aromatic carbocycles. The zero-order chi connectivity index (χ0) is 91.0. The molecule has 27 aromatic rings. The summed E-state index contributed by atoms with van der Waals surface area (Å²) in [7, 11) is 0. The zero-order valence-electron chi connectivity index (χ0n) is 76.3. The van der Waals surface area contributed by atoms with Crippen LogP contribution in [0, 0.1) is 0 Å². The van der Waals surface area contributed by atoms with Crippen LogP contribution < -0.4 is 0 Å². The Labute approximate surface area is 800 Å². The Kier molecular flexibility index (Phi) is 17.8. The predicted octanol–water partition coefficient (Wildman–Crippen LogP) is 37.9. The molecule has 0 unspecified atom stereocenters. The van der Waals surface area contributed by atoms with Crippen molar-refractivity contribution >= 4 is 151 Å². The largest absolute Gasteiger partial charge is 0.0725 e. The minimum Gasteiger partial charge on any atom is -0.0619 e. The lowest BCUT2D eigenvalue weighted by molar-refractivity contribution is 0.660. The molecule has 138 heavy (non-hydrogen) atoms. The van der Waals surface area contributed by atoms with Gasteiger partial charge in [0.05, 0.1) is 5.41 Å². The summed E-state index contributed by atoms with van der Waals surface area (Å²) in [6.07, 6.45) is 0. The van der Waals surface area contributed by atoms with E-state index < -0.39 is 0 Å². The first-order valence-corrected chi connectivity index (χ1v) is 48.4. The molecule has 3 aliphatic rings. The Morgan fingerprint density at radius 3 is 0.667 bits per heavy atom. The fourth-order valence-corrected chi connectivity index (χ4v) is 25.1. The molecule has 0 heterocycles. The second kappa shape index (κ2) is 31.1. The van der Waals surface area contributed by atoms with Crippen molar-refractivity contribution in [1.82, 2.24) is 0 Å². The third-order valence-electron chi connectivity index (χ3n) is 31.1. The van der Waals surface area contributed by atoms with Gasteiger partial charge in [-0.05, 0) is 321 Å². The van der Waals surface area contributed by atoms with Crippen molar-refractivity contribution in [2.24, 2.45) is 0 Å². The van der Waals surface area contributed by atoms with Crippen molar-refractivity contribution in [3.05, 3.63) is 531 Å². The summed E-state index contributed by atoms with van der Waals surface area (Å²) >= 11 is 0. The fourth-order valence-electron chi connectivity index (χ4n) is 25.1. The van der Waals surface area contributed by atoms with Crippen LogP contribution in [-0.2, 0) is 10.8 Å². The first-order chi connectivity index (χ1) is 68.2. The van der Waals surface area contributed by atoms with Gasteiger partial charge in [-0.25, -0.2) is 0 Å². The maximum Gasteiger partial charge on any atom is 0.0725 e. The SMILES string of the molecule is CC1(C)c2ccccc2-c2ccc(-c3c4ccccc4c(-c4ccc5ccc6ccccc6c5c4)c4ccccc34)cc21.c1ccc2c(c1)-c1ccccc1C21c2ccccc2-c2ccc(-c3c4ccccc4c(-c4ccc5ccc6ccccc6c5c4)c4ccccc34)cc21.c1ccc2c(c1)ccc1ccc(-c3c4ccccc4c(-c4cc5ccccc5c5ccccc45)c4ccccc34)cc12. The van der Waals surface area contributed by atoms with Gasteiger partial charge in [0.15, 0.2) is 0 Å². The van der Waals surface area contributed by atoms with E-state index in [1.165, 1.54) is 284 Å². The summed E-state index contributed by atoms with van der Waals surface area (Å²) in [5, 5.41) is 35.9. The second-order valence-electron chi connectivity index (χ2n) is 38.5. The molecule has 0 bridgehead atoms. The second-order valence-corrected chi connectivity index (χ2v) is 38.5. The van der Waals surface area contributed by atoms with Gasteiger partial charge in [0.2, 0.25) is 0 Å². The fraction of sp³-hybridized carbons (Fsp3) is 0.0290. The standard InChI is InChI=1S/C53H32.C43H30.C42H26/c1-2-14-37-33(13-1)25-26-34-27-28-35(31-46(34)37)51-42-18-3-5-20-44(42)52(45-21-6-4-19-43(45)51)36-29-30-41-40-17-9-12-24-49(40)53(50(41)32-36)47-22-10-7-15-38(47)39-16-8-11-23-48(39)53;1-43(2)39-18-10-9-13-32(39)33-24-23-30(26-40(33)43)42-36-16-7-5-14-34(36)41(35-15-6-8-17-37(35)42)29-22-21-28-20-19-27-11-3-4-12-31(27)38(28)25-29;1-3-13-31-27(11-1)21-22-28-23-24-30(26-39(28)31)41-35-17-7-9-19-37(35)42(38-20-10-8-18-36(38)41)40-25-29-12-2-4-14-32(29)33-15-5-6-16-34(33)40/h1-32H;3-26H,1-2H3;1-26H. The molecule has 0 nitrogen and oxygen atoms in total. The maximum absolute atomic E-state index is 2.53. The molecule has 30 rings (SSSR count). The highest BCUT2D eigenvalue weighted by Crippen LogP contribution is 2.64. The maximum atomic E-state index is 2.53. The Balaban J connectivity index is 0.000000103. The van der Waals surface area contributed by atoms with Gasteiger partial charge in [0.25, 0.3) is 0 Å². The van der Waals surface area contributed by atoms with Gasteiger partial charge in [-0.3, -0.25) is 0 Å². The van der Waals surface area contributed by atoms with E-state index in [9.17, 15) is 0 Å². The Hall–Kier alpha value is -17.4. The van der Waals surface area contributed by atoms with E-state index in [4.69, 9.17) is 0 Å². The van der Waals surface area contributed by atoms with Gasteiger partial charge < -0.3 is 0 Å². The van der Waals surface area contributed by atoms with Crippen LogP contribution in [0.15, 0.2) is 497 Å². The molecule has 0 saturated carbocycles. The number of hydrogen-bond acceptors (Lipinski definition) is 0. The highest BCUT2D eigenvalue weighted by atomic mass is 14.5. The third kappa shape index (κ3) is 11.9. The van der Waals surface area contributed by atoms with Crippen LogP contribution in [0.5, 0.6) is 0 Å². The Morgan fingerprint density at radius 1 is 0.116 bits per heavy atom. The number of fused-ring (bicyclic) bond motifs is 31. The first kappa shape index (κ1) is 79.2. The van der Waals surface area contributed by atoms with Crippen molar-refractivity contribution in [2.45, 2.75) is 24.7 Å². The van der Waals surface area contributed by atoms with E-state index in [1.54, 1.807) is 0 Å². The van der Waals surface area contributed by atoms with Gasteiger partial charge in [-0.1, -0.05) is 475 Å². The van der Waals surface area contributed by atoms with E-state index in [-0.39, 0.29) is 10.8 Å². The highest BCUT2D eigenvalue weighted by molar-refractivity contribution is 6.29. The van der Waals surface area contributed by atoms with E-state index in [1.807, 2.05) is 0 Å². The highest BCUT2D eigenvalue weighted by Gasteiger charge is 2.52. The quantitative estimate of drug-likeness (QED) is 0.115.